The van der Waals surface area contributed by atoms with E-state index in [9.17, 15) is 0 Å². The van der Waals surface area contributed by atoms with Gasteiger partial charge in [-0.05, 0) is 86.8 Å². The first-order valence-corrected chi connectivity index (χ1v) is 17.1. The fraction of sp³-hybridized carbons (Fsp3) is 0.400. The van der Waals surface area contributed by atoms with Crippen LogP contribution in [0.15, 0.2) is 24.3 Å². The van der Waals surface area contributed by atoms with Crippen molar-refractivity contribution in [2.75, 3.05) is 0 Å². The van der Waals surface area contributed by atoms with Crippen LogP contribution >= 0.6 is 57.1 Å². The molecule has 6 aromatic rings. The highest BCUT2D eigenvalue weighted by Crippen LogP contribution is 2.48. The van der Waals surface area contributed by atoms with Crippen molar-refractivity contribution in [3.8, 4) is 20.9 Å². The maximum Gasteiger partial charge on any atom is 0.114 e. The summed E-state index contributed by atoms with van der Waals surface area (Å²) in [6, 6.07) is 9.61. The molecule has 0 atom stereocenters. The van der Waals surface area contributed by atoms with Crippen LogP contribution in [-0.4, -0.2) is 8.75 Å². The van der Waals surface area contributed by atoms with Gasteiger partial charge in [0.1, 0.15) is 11.0 Å². The summed E-state index contributed by atoms with van der Waals surface area (Å²) in [5.74, 6) is 1.49. The third-order valence-electron chi connectivity index (χ3n) is 7.22. The summed E-state index contributed by atoms with van der Waals surface area (Å²) < 4.78 is 15.3. The van der Waals surface area contributed by atoms with Crippen LogP contribution in [0.25, 0.3) is 50.7 Å². The third-order valence-corrected chi connectivity index (χ3v) is 12.5. The van der Waals surface area contributed by atoms with Crippen molar-refractivity contribution in [3.05, 3.63) is 45.1 Å². The Balaban J connectivity index is 1.39. The van der Waals surface area contributed by atoms with E-state index in [4.69, 9.17) is 8.75 Å². The molecule has 0 bridgehead atoms. The number of aromatic nitrogens is 2. The fourth-order valence-corrected chi connectivity index (χ4v) is 10.6. The minimum absolute atomic E-state index is 0.747. The van der Waals surface area contributed by atoms with Crippen molar-refractivity contribution < 1.29 is 0 Å². The molecule has 1 aromatic carbocycles. The zero-order valence-electron chi connectivity index (χ0n) is 22.2. The number of nitrogens with zero attached hydrogens (tertiary/aromatic N) is 2. The van der Waals surface area contributed by atoms with Gasteiger partial charge in [-0.2, -0.15) is 8.75 Å². The minimum Gasteiger partial charge on any atom is -0.172 e. The number of hydrogen-bond acceptors (Lipinski definition) is 7. The lowest BCUT2D eigenvalue weighted by atomic mass is 9.94. The molecule has 0 aliphatic carbocycles. The minimum atomic E-state index is 0.747. The number of fused-ring (bicyclic) bond motifs is 3. The summed E-state index contributed by atoms with van der Waals surface area (Å²) in [6.07, 6.45) is 4.88. The Labute approximate surface area is 239 Å². The topological polar surface area (TPSA) is 25.8 Å². The Kier molecular flexibility index (Phi) is 7.03. The predicted molar refractivity (Wildman–Crippen MR) is 171 cm³/mol. The molecule has 7 heteroatoms. The first-order chi connectivity index (χ1) is 17.8. The van der Waals surface area contributed by atoms with Crippen LogP contribution in [0, 0.1) is 25.7 Å². The Bertz CT molecular complexity index is 1530. The summed E-state index contributed by atoms with van der Waals surface area (Å²) in [6.45, 7) is 13.8. The largest absolute Gasteiger partial charge is 0.172 e. The van der Waals surface area contributed by atoms with Crippen LogP contribution in [0.4, 0.5) is 0 Å². The van der Waals surface area contributed by atoms with Crippen molar-refractivity contribution in [1.29, 1.82) is 0 Å². The molecule has 0 saturated carbocycles. The van der Waals surface area contributed by atoms with Crippen molar-refractivity contribution in [2.24, 2.45) is 11.8 Å². The van der Waals surface area contributed by atoms with Gasteiger partial charge in [-0.3, -0.25) is 0 Å². The number of rotatable bonds is 8. The molecular formula is C30H32N2S5. The molecule has 0 amide bonds. The van der Waals surface area contributed by atoms with Crippen molar-refractivity contribution in [2.45, 2.75) is 67.2 Å². The monoisotopic (exact) mass is 580 g/mol. The van der Waals surface area contributed by atoms with E-state index in [0.29, 0.717) is 0 Å². The Morgan fingerprint density at radius 1 is 0.595 bits per heavy atom. The van der Waals surface area contributed by atoms with E-state index < -0.39 is 0 Å². The summed E-state index contributed by atoms with van der Waals surface area (Å²) in [5, 5.41) is 0. The van der Waals surface area contributed by atoms with Gasteiger partial charge in [0.15, 0.2) is 0 Å². The van der Waals surface area contributed by atoms with Crippen molar-refractivity contribution >= 4 is 86.9 Å². The maximum absolute atomic E-state index is 4.85. The van der Waals surface area contributed by atoms with Gasteiger partial charge in [-0.15, -0.1) is 45.3 Å². The average Bonchev–Trinajstić information content (AvgIpc) is 3.63. The van der Waals surface area contributed by atoms with E-state index in [2.05, 4.69) is 65.8 Å². The predicted octanol–water partition coefficient (Wildman–Crippen LogP) is 11.4. The molecule has 2 nitrogen and oxygen atoms in total. The number of hydrogen-bond donors (Lipinski definition) is 0. The second-order valence-electron chi connectivity index (χ2n) is 10.9. The molecular weight excluding hydrogens is 549 g/mol. The molecule has 0 N–H and O–H groups in total. The zero-order chi connectivity index (χ0) is 25.8. The third kappa shape index (κ3) is 4.82. The van der Waals surface area contributed by atoms with E-state index in [-0.39, 0.29) is 0 Å². The molecule has 0 aliphatic rings. The van der Waals surface area contributed by atoms with Gasteiger partial charge in [0.25, 0.3) is 0 Å². The first-order valence-electron chi connectivity index (χ1n) is 13.1. The Morgan fingerprint density at radius 2 is 1.00 bits per heavy atom. The standard InChI is InChI=1S/C30H32N2S5/c1-15(2)7-9-19-11-21-23(33-19)13-25(35-21)27-17(5)18(6)28(30-29(27)31-37-32-30)26-14-24-22(36-26)12-20(34-24)10-8-16(3)4/h11-16H,7-10H2,1-6H3. The fourth-order valence-electron chi connectivity index (χ4n) is 4.98. The molecule has 0 aliphatic heterocycles. The van der Waals surface area contributed by atoms with E-state index in [0.717, 1.165) is 22.9 Å². The highest BCUT2D eigenvalue weighted by Gasteiger charge is 2.23. The van der Waals surface area contributed by atoms with Crippen molar-refractivity contribution in [1.82, 2.24) is 8.75 Å². The van der Waals surface area contributed by atoms with Crippen LogP contribution < -0.4 is 0 Å². The zero-order valence-corrected chi connectivity index (χ0v) is 26.3. The van der Waals surface area contributed by atoms with Crippen LogP contribution in [0.5, 0.6) is 0 Å². The normalized spacial score (nSPS) is 12.4. The van der Waals surface area contributed by atoms with Crippen LogP contribution in [0.1, 0.15) is 61.4 Å². The van der Waals surface area contributed by atoms with E-state index >= 15 is 0 Å². The van der Waals surface area contributed by atoms with Crippen LogP contribution in [0.2, 0.25) is 0 Å². The van der Waals surface area contributed by atoms with Gasteiger partial charge in [0.2, 0.25) is 0 Å². The quantitative estimate of drug-likeness (QED) is 0.179. The van der Waals surface area contributed by atoms with Gasteiger partial charge < -0.3 is 0 Å². The smallest absolute Gasteiger partial charge is 0.114 e. The Morgan fingerprint density at radius 3 is 1.38 bits per heavy atom. The van der Waals surface area contributed by atoms with Crippen LogP contribution in [0.3, 0.4) is 0 Å². The average molecular weight is 581 g/mol. The summed E-state index contributed by atoms with van der Waals surface area (Å²) in [4.78, 5) is 5.66. The van der Waals surface area contributed by atoms with Gasteiger partial charge in [0, 0.05) is 49.4 Å². The van der Waals surface area contributed by atoms with E-state index in [1.165, 1.54) is 98.0 Å². The van der Waals surface area contributed by atoms with E-state index in [1.807, 2.05) is 45.3 Å². The summed E-state index contributed by atoms with van der Waals surface area (Å²) in [5.41, 5.74) is 7.34. The second kappa shape index (κ2) is 10.2. The molecule has 5 aromatic heterocycles. The molecule has 0 spiro atoms. The Hall–Kier alpha value is -1.64. The maximum atomic E-state index is 4.85. The van der Waals surface area contributed by atoms with Gasteiger partial charge in [0.05, 0.1) is 11.7 Å². The molecule has 0 unspecified atom stereocenters. The van der Waals surface area contributed by atoms with Gasteiger partial charge >= 0.3 is 0 Å². The number of aryl methyl sites for hydroxylation is 2. The second-order valence-corrected chi connectivity index (χ2v) is 16.0. The SMILES string of the molecule is Cc1c(C)c(-c2cc3sc(CCC(C)C)cc3s2)c2nsnc2c1-c1cc2sc(CCC(C)C)cc2s1. The van der Waals surface area contributed by atoms with Gasteiger partial charge in [-0.1, -0.05) is 27.7 Å². The lowest BCUT2D eigenvalue weighted by Gasteiger charge is -2.13. The van der Waals surface area contributed by atoms with Crippen LogP contribution in [-0.2, 0) is 12.8 Å². The molecule has 6 rings (SSSR count). The number of benzene rings is 1. The molecule has 0 radical (unpaired) electrons. The molecule has 37 heavy (non-hydrogen) atoms. The highest BCUT2D eigenvalue weighted by atomic mass is 32.1. The highest BCUT2D eigenvalue weighted by molar-refractivity contribution is 7.30. The summed E-state index contributed by atoms with van der Waals surface area (Å²) >= 11 is 9.09. The molecule has 5 heterocycles. The molecule has 192 valence electrons. The molecule has 0 fully saturated rings. The molecule has 0 saturated heterocycles. The number of thiophene rings is 4. The lowest BCUT2D eigenvalue weighted by Crippen LogP contribution is -1.93. The summed E-state index contributed by atoms with van der Waals surface area (Å²) in [7, 11) is 0. The lowest BCUT2D eigenvalue weighted by molar-refractivity contribution is 0.590. The van der Waals surface area contributed by atoms with Crippen molar-refractivity contribution in [3.63, 3.8) is 0 Å². The van der Waals surface area contributed by atoms with Gasteiger partial charge in [-0.25, -0.2) is 0 Å². The van der Waals surface area contributed by atoms with E-state index in [1.54, 1.807) is 0 Å². The first kappa shape index (κ1) is 25.6.